The summed E-state index contributed by atoms with van der Waals surface area (Å²) in [6.45, 7) is 4.56. The van der Waals surface area contributed by atoms with Crippen molar-refractivity contribution in [1.29, 1.82) is 0 Å². The molecule has 0 saturated carbocycles. The lowest BCUT2D eigenvalue weighted by Gasteiger charge is -2.09. The third kappa shape index (κ3) is 3.41. The number of hydrogen-bond donors (Lipinski definition) is 2. The van der Waals surface area contributed by atoms with Gasteiger partial charge in [0.25, 0.3) is 0 Å². The van der Waals surface area contributed by atoms with Crippen molar-refractivity contribution >= 4 is 45.8 Å². The van der Waals surface area contributed by atoms with Gasteiger partial charge in [-0.05, 0) is 19.4 Å². The number of rotatable bonds is 5. The number of aromatic nitrogens is 4. The van der Waals surface area contributed by atoms with Gasteiger partial charge >= 0.3 is 6.03 Å². The van der Waals surface area contributed by atoms with Gasteiger partial charge in [0, 0.05) is 11.9 Å². The molecule has 1 aromatic carbocycles. The van der Waals surface area contributed by atoms with Gasteiger partial charge in [-0.2, -0.15) is 0 Å². The number of nitrogens with zero attached hydrogens (tertiary/aromatic N) is 4. The van der Waals surface area contributed by atoms with E-state index in [4.69, 9.17) is 5.73 Å². The van der Waals surface area contributed by atoms with Crippen molar-refractivity contribution in [2.75, 3.05) is 0 Å². The average molecular weight is 358 g/mol. The van der Waals surface area contributed by atoms with Crippen molar-refractivity contribution < 1.29 is 9.59 Å². The highest BCUT2D eigenvalue weighted by molar-refractivity contribution is 8.00. The number of amides is 3. The summed E-state index contributed by atoms with van der Waals surface area (Å²) in [5, 5.41) is 11.3. The van der Waals surface area contributed by atoms with E-state index in [1.54, 1.807) is 6.92 Å². The molecular formula is C16H18N6O2S. The molecule has 3 aromatic rings. The predicted molar refractivity (Wildman–Crippen MR) is 96.2 cm³/mol. The van der Waals surface area contributed by atoms with E-state index in [0.29, 0.717) is 5.16 Å². The normalized spacial score (nSPS) is 12.4. The van der Waals surface area contributed by atoms with Crippen LogP contribution in [0.15, 0.2) is 29.4 Å². The van der Waals surface area contributed by atoms with E-state index in [9.17, 15) is 9.59 Å². The van der Waals surface area contributed by atoms with Crippen LogP contribution in [0.5, 0.6) is 0 Å². The Morgan fingerprint density at radius 1 is 1.32 bits per heavy atom. The number of urea groups is 1. The smallest absolute Gasteiger partial charge is 0.318 e. The number of imide groups is 1. The van der Waals surface area contributed by atoms with E-state index in [1.807, 2.05) is 24.3 Å². The zero-order valence-electron chi connectivity index (χ0n) is 13.9. The molecule has 130 valence electrons. The average Bonchev–Trinajstić information content (AvgIpc) is 2.88. The summed E-state index contributed by atoms with van der Waals surface area (Å²) < 4.78 is 2.11. The molecule has 0 aliphatic heterocycles. The molecule has 0 bridgehead atoms. The van der Waals surface area contributed by atoms with Crippen molar-refractivity contribution in [3.05, 3.63) is 24.3 Å². The fourth-order valence-electron chi connectivity index (χ4n) is 2.62. The number of aryl methyl sites for hydroxylation is 1. The van der Waals surface area contributed by atoms with Crippen molar-refractivity contribution in [3.63, 3.8) is 0 Å². The fourth-order valence-corrected chi connectivity index (χ4v) is 3.33. The van der Waals surface area contributed by atoms with Crippen LogP contribution in [0.1, 0.15) is 20.3 Å². The van der Waals surface area contributed by atoms with Crippen LogP contribution in [0.3, 0.4) is 0 Å². The first-order valence-corrected chi connectivity index (χ1v) is 8.77. The molecule has 0 unspecified atom stereocenters. The van der Waals surface area contributed by atoms with Gasteiger partial charge in [0.2, 0.25) is 11.1 Å². The van der Waals surface area contributed by atoms with E-state index >= 15 is 0 Å². The second-order valence-corrected chi connectivity index (χ2v) is 6.86. The molecule has 0 fully saturated rings. The number of primary amides is 1. The summed E-state index contributed by atoms with van der Waals surface area (Å²) in [5.74, 6) is -0.490. The minimum atomic E-state index is -0.880. The minimum Gasteiger partial charge on any atom is -0.351 e. The summed E-state index contributed by atoms with van der Waals surface area (Å²) in [4.78, 5) is 27.2. The Labute approximate surface area is 148 Å². The van der Waals surface area contributed by atoms with Gasteiger partial charge in [0.05, 0.1) is 10.8 Å². The fraction of sp³-hybridized carbons (Fsp3) is 0.312. The lowest BCUT2D eigenvalue weighted by molar-refractivity contribution is -0.119. The molecule has 3 rings (SSSR count). The zero-order chi connectivity index (χ0) is 18.0. The van der Waals surface area contributed by atoms with Crippen LogP contribution in [0.2, 0.25) is 0 Å². The molecule has 2 aromatic heterocycles. The number of para-hydroxylation sites is 1. The van der Waals surface area contributed by atoms with Gasteiger partial charge in [-0.3, -0.25) is 10.1 Å². The molecule has 2 heterocycles. The number of hydrogen-bond acceptors (Lipinski definition) is 6. The van der Waals surface area contributed by atoms with Crippen LogP contribution >= 0.6 is 11.8 Å². The van der Waals surface area contributed by atoms with Crippen LogP contribution in [-0.4, -0.2) is 36.9 Å². The Balaban J connectivity index is 1.99. The highest BCUT2D eigenvalue weighted by Crippen LogP contribution is 2.28. The maximum atomic E-state index is 11.8. The van der Waals surface area contributed by atoms with Gasteiger partial charge in [-0.1, -0.05) is 36.9 Å². The minimum absolute atomic E-state index is 0.375. The maximum Gasteiger partial charge on any atom is 0.318 e. The first kappa shape index (κ1) is 17.2. The summed E-state index contributed by atoms with van der Waals surface area (Å²) >= 11 is 1.13. The number of carbonyl (C=O) groups is 2. The zero-order valence-corrected chi connectivity index (χ0v) is 14.7. The SMILES string of the molecule is CCCn1c2ccccc2c2nnc(S[C@H](C)C(=O)NC(N)=O)nc21. The monoisotopic (exact) mass is 358 g/mol. The first-order valence-electron chi connectivity index (χ1n) is 7.90. The Hall–Kier alpha value is -2.68. The molecule has 3 amide bonds. The summed E-state index contributed by atoms with van der Waals surface area (Å²) in [6, 6.07) is 7.08. The standard InChI is InChI=1S/C16H18N6O2S/c1-3-8-22-11-7-5-4-6-10(11)12-13(22)18-16(21-20-12)25-9(2)14(23)19-15(17)24/h4-7,9H,3,8H2,1-2H3,(H3,17,19,23,24)/t9-/m1/s1. The second kappa shape index (κ2) is 7.06. The summed E-state index contributed by atoms with van der Waals surface area (Å²) in [7, 11) is 0. The number of fused-ring (bicyclic) bond motifs is 3. The molecule has 3 N–H and O–H groups in total. The molecule has 0 aliphatic rings. The van der Waals surface area contributed by atoms with Gasteiger partial charge in [0.1, 0.15) is 5.52 Å². The lowest BCUT2D eigenvalue weighted by atomic mass is 10.2. The molecule has 1 atom stereocenters. The van der Waals surface area contributed by atoms with Gasteiger partial charge in [-0.25, -0.2) is 9.78 Å². The third-order valence-electron chi connectivity index (χ3n) is 3.70. The van der Waals surface area contributed by atoms with Gasteiger partial charge in [-0.15, -0.1) is 10.2 Å². The Morgan fingerprint density at radius 2 is 2.08 bits per heavy atom. The van der Waals surface area contributed by atoms with E-state index in [2.05, 4.69) is 32.0 Å². The molecule has 0 aliphatic carbocycles. The molecular weight excluding hydrogens is 340 g/mol. The van der Waals surface area contributed by atoms with E-state index in [1.165, 1.54) is 0 Å². The number of nitrogens with two attached hydrogens (primary N) is 1. The van der Waals surface area contributed by atoms with Crippen molar-refractivity contribution in [3.8, 4) is 0 Å². The quantitative estimate of drug-likeness (QED) is 0.675. The molecule has 9 heteroatoms. The van der Waals surface area contributed by atoms with Crippen LogP contribution in [-0.2, 0) is 11.3 Å². The number of thioether (sulfide) groups is 1. The van der Waals surface area contributed by atoms with Crippen molar-refractivity contribution in [1.82, 2.24) is 25.1 Å². The molecule has 0 radical (unpaired) electrons. The lowest BCUT2D eigenvalue weighted by Crippen LogP contribution is -2.39. The largest absolute Gasteiger partial charge is 0.351 e. The number of benzene rings is 1. The maximum absolute atomic E-state index is 11.8. The van der Waals surface area contributed by atoms with Gasteiger partial charge in [0.15, 0.2) is 5.65 Å². The van der Waals surface area contributed by atoms with Gasteiger partial charge < -0.3 is 10.3 Å². The van der Waals surface area contributed by atoms with E-state index in [-0.39, 0.29) is 0 Å². The highest BCUT2D eigenvalue weighted by atomic mass is 32.2. The Kier molecular flexibility index (Phi) is 4.84. The van der Waals surface area contributed by atoms with Crippen molar-refractivity contribution in [2.24, 2.45) is 5.73 Å². The predicted octanol–water partition coefficient (Wildman–Crippen LogP) is 2.06. The number of nitrogens with one attached hydrogen (secondary N) is 1. The van der Waals surface area contributed by atoms with Crippen LogP contribution in [0, 0.1) is 0 Å². The summed E-state index contributed by atoms with van der Waals surface area (Å²) in [6.07, 6.45) is 0.956. The van der Waals surface area contributed by atoms with Crippen LogP contribution in [0.4, 0.5) is 4.79 Å². The van der Waals surface area contributed by atoms with Crippen molar-refractivity contribution in [2.45, 2.75) is 37.2 Å². The van der Waals surface area contributed by atoms with E-state index in [0.717, 1.165) is 46.8 Å². The summed E-state index contributed by atoms with van der Waals surface area (Å²) in [5.41, 5.74) is 7.50. The third-order valence-corrected chi connectivity index (χ3v) is 4.65. The molecule has 8 nitrogen and oxygen atoms in total. The number of carbonyl (C=O) groups excluding carboxylic acids is 2. The second-order valence-electron chi connectivity index (χ2n) is 5.55. The highest BCUT2D eigenvalue weighted by Gasteiger charge is 2.19. The van der Waals surface area contributed by atoms with E-state index < -0.39 is 17.2 Å². The van der Waals surface area contributed by atoms with Crippen LogP contribution < -0.4 is 11.1 Å². The molecule has 0 spiro atoms. The molecule has 0 saturated heterocycles. The Morgan fingerprint density at radius 3 is 2.80 bits per heavy atom. The molecule has 25 heavy (non-hydrogen) atoms. The van der Waals surface area contributed by atoms with Crippen LogP contribution in [0.25, 0.3) is 22.1 Å². The Bertz CT molecular complexity index is 954. The first-order chi connectivity index (χ1) is 12.0. The topological polar surface area (TPSA) is 116 Å².